The van der Waals surface area contributed by atoms with Crippen LogP contribution in [0.2, 0.25) is 0 Å². The minimum atomic E-state index is 1.06. The van der Waals surface area contributed by atoms with Gasteiger partial charge in [-0.15, -0.1) is 23.1 Å². The number of fused-ring (bicyclic) bond motifs is 3. The van der Waals surface area contributed by atoms with Gasteiger partial charge in [-0.3, -0.25) is 4.68 Å². The van der Waals surface area contributed by atoms with E-state index in [1.54, 1.807) is 0 Å². The van der Waals surface area contributed by atoms with Gasteiger partial charge in [-0.1, -0.05) is 0 Å². The Kier molecular flexibility index (Phi) is 1.97. The molecule has 2 nitrogen and oxygen atoms in total. The van der Waals surface area contributed by atoms with Crippen LogP contribution in [-0.2, 0) is 12.8 Å². The van der Waals surface area contributed by atoms with E-state index in [0.717, 1.165) is 5.75 Å². The van der Waals surface area contributed by atoms with Crippen LogP contribution in [-0.4, -0.2) is 9.78 Å². The molecule has 1 aliphatic heterocycles. The molecule has 0 N–H and O–H groups in total. The Bertz CT molecular complexity index is 537. The van der Waals surface area contributed by atoms with Gasteiger partial charge in [0.25, 0.3) is 0 Å². The average molecular weight is 236 g/mol. The summed E-state index contributed by atoms with van der Waals surface area (Å²) in [5.74, 6) is 1.06. The summed E-state index contributed by atoms with van der Waals surface area (Å²) in [5, 5.41) is 4.58. The second kappa shape index (κ2) is 3.12. The highest BCUT2D eigenvalue weighted by Gasteiger charge is 2.24. The fraction of sp³-hybridized carbons (Fsp3) is 0.364. The molecule has 3 rings (SSSR count). The van der Waals surface area contributed by atoms with Crippen molar-refractivity contribution in [1.29, 1.82) is 0 Å². The van der Waals surface area contributed by atoms with Gasteiger partial charge in [0.15, 0.2) is 0 Å². The van der Waals surface area contributed by atoms with E-state index >= 15 is 0 Å². The second-order valence-corrected chi connectivity index (χ2v) is 6.30. The van der Waals surface area contributed by atoms with E-state index in [1.807, 2.05) is 34.8 Å². The molecule has 0 atom stereocenters. The van der Waals surface area contributed by atoms with Crippen molar-refractivity contribution in [3.63, 3.8) is 0 Å². The van der Waals surface area contributed by atoms with E-state index in [-0.39, 0.29) is 0 Å². The first kappa shape index (κ1) is 9.48. The predicted octanol–water partition coefficient (Wildman–Crippen LogP) is 3.37. The fourth-order valence-electron chi connectivity index (χ4n) is 2.11. The minimum Gasteiger partial charge on any atom is -0.275 e. The Hall–Kier alpha value is -0.740. The van der Waals surface area contributed by atoms with Crippen molar-refractivity contribution in [2.75, 3.05) is 0 Å². The summed E-state index contributed by atoms with van der Waals surface area (Å²) < 4.78 is 1.92. The van der Waals surface area contributed by atoms with E-state index in [2.05, 4.69) is 25.1 Å². The Labute approximate surface area is 97.3 Å². The van der Waals surface area contributed by atoms with E-state index in [0.29, 0.717) is 0 Å². The summed E-state index contributed by atoms with van der Waals surface area (Å²) in [5.41, 5.74) is 3.95. The highest BCUT2D eigenvalue weighted by molar-refractivity contribution is 7.99. The van der Waals surface area contributed by atoms with Crippen LogP contribution in [0, 0.1) is 13.8 Å². The van der Waals surface area contributed by atoms with Crippen LogP contribution in [0.5, 0.6) is 0 Å². The molecule has 0 spiro atoms. The van der Waals surface area contributed by atoms with Crippen molar-refractivity contribution in [3.8, 4) is 11.3 Å². The van der Waals surface area contributed by atoms with Crippen molar-refractivity contribution >= 4 is 23.1 Å². The summed E-state index contributed by atoms with van der Waals surface area (Å²) in [6, 6.07) is 0. The number of aromatic nitrogens is 2. The molecule has 2 aromatic heterocycles. The van der Waals surface area contributed by atoms with Crippen LogP contribution in [0.4, 0.5) is 0 Å². The van der Waals surface area contributed by atoms with Crippen LogP contribution in [0.15, 0.2) is 11.1 Å². The topological polar surface area (TPSA) is 17.8 Å². The molecule has 0 fully saturated rings. The van der Waals surface area contributed by atoms with Crippen molar-refractivity contribution in [1.82, 2.24) is 9.78 Å². The molecule has 0 saturated heterocycles. The second-order valence-electron chi connectivity index (χ2n) is 3.88. The maximum atomic E-state index is 4.58. The zero-order valence-corrected chi connectivity index (χ0v) is 10.6. The molecule has 0 bridgehead atoms. The highest BCUT2D eigenvalue weighted by atomic mass is 32.2. The SMILES string of the molecule is Cc1sc(C)c2c1SCc1cn(C)nc1-2. The van der Waals surface area contributed by atoms with Crippen LogP contribution in [0.25, 0.3) is 11.3 Å². The zero-order valence-electron chi connectivity index (χ0n) is 9.00. The first-order chi connectivity index (χ1) is 7.16. The average Bonchev–Trinajstić information content (AvgIpc) is 2.66. The van der Waals surface area contributed by atoms with Crippen LogP contribution >= 0.6 is 23.1 Å². The highest BCUT2D eigenvalue weighted by Crippen LogP contribution is 2.47. The van der Waals surface area contributed by atoms with Gasteiger partial charge in [-0.05, 0) is 13.8 Å². The molecule has 78 valence electrons. The van der Waals surface area contributed by atoms with E-state index in [4.69, 9.17) is 0 Å². The van der Waals surface area contributed by atoms with E-state index < -0.39 is 0 Å². The van der Waals surface area contributed by atoms with Gasteiger partial charge < -0.3 is 0 Å². The monoisotopic (exact) mass is 236 g/mol. The summed E-state index contributed by atoms with van der Waals surface area (Å²) in [6.45, 7) is 4.40. The van der Waals surface area contributed by atoms with Gasteiger partial charge >= 0.3 is 0 Å². The van der Waals surface area contributed by atoms with Crippen LogP contribution < -0.4 is 0 Å². The lowest BCUT2D eigenvalue weighted by molar-refractivity contribution is 0.770. The Balaban J connectivity index is 2.32. The molecule has 0 radical (unpaired) electrons. The first-order valence-electron chi connectivity index (χ1n) is 4.92. The first-order valence-corrected chi connectivity index (χ1v) is 6.72. The number of hydrogen-bond acceptors (Lipinski definition) is 3. The Morgan fingerprint density at radius 1 is 1.33 bits per heavy atom. The molecule has 1 aliphatic rings. The molecule has 2 aromatic rings. The van der Waals surface area contributed by atoms with Gasteiger partial charge in [-0.25, -0.2) is 0 Å². The van der Waals surface area contributed by atoms with Crippen LogP contribution in [0.1, 0.15) is 15.3 Å². The Morgan fingerprint density at radius 3 is 2.93 bits per heavy atom. The Morgan fingerprint density at radius 2 is 2.13 bits per heavy atom. The third kappa shape index (κ3) is 1.28. The third-order valence-corrected chi connectivity index (χ3v) is 5.12. The fourth-order valence-corrected chi connectivity index (χ4v) is 4.54. The van der Waals surface area contributed by atoms with Crippen molar-refractivity contribution in [3.05, 3.63) is 21.5 Å². The lowest BCUT2D eigenvalue weighted by Gasteiger charge is -2.11. The number of hydrogen-bond donors (Lipinski definition) is 0. The van der Waals surface area contributed by atoms with Gasteiger partial charge in [0, 0.05) is 44.8 Å². The molecule has 0 unspecified atom stereocenters. The normalized spacial score (nSPS) is 13.8. The number of thioether (sulfide) groups is 1. The maximum absolute atomic E-state index is 4.58. The predicted molar refractivity (Wildman–Crippen MR) is 65.6 cm³/mol. The van der Waals surface area contributed by atoms with Crippen molar-refractivity contribution < 1.29 is 0 Å². The molecule has 0 aromatic carbocycles. The van der Waals surface area contributed by atoms with Gasteiger partial charge in [-0.2, -0.15) is 5.10 Å². The number of thiophene rings is 1. The van der Waals surface area contributed by atoms with E-state index in [9.17, 15) is 0 Å². The molecular formula is C11H12N2S2. The molecule has 3 heterocycles. The number of nitrogens with zero attached hydrogens (tertiary/aromatic N) is 2. The molecule has 15 heavy (non-hydrogen) atoms. The lowest BCUT2D eigenvalue weighted by atomic mass is 10.1. The van der Waals surface area contributed by atoms with Crippen molar-refractivity contribution in [2.24, 2.45) is 7.05 Å². The molecule has 4 heteroatoms. The number of aryl methyl sites for hydroxylation is 3. The summed E-state index contributed by atoms with van der Waals surface area (Å²) in [6.07, 6.45) is 2.14. The molecular weight excluding hydrogens is 224 g/mol. The number of rotatable bonds is 0. The van der Waals surface area contributed by atoms with Crippen molar-refractivity contribution in [2.45, 2.75) is 24.5 Å². The standard InChI is InChI=1S/C11H12N2S2/c1-6-9-10-8(4-13(3)12-10)5-14-11(9)7(2)15-6/h4H,5H2,1-3H3. The van der Waals surface area contributed by atoms with Crippen LogP contribution in [0.3, 0.4) is 0 Å². The van der Waals surface area contributed by atoms with Gasteiger partial charge in [0.05, 0.1) is 5.69 Å². The largest absolute Gasteiger partial charge is 0.275 e. The van der Waals surface area contributed by atoms with Gasteiger partial charge in [0.1, 0.15) is 0 Å². The molecule has 0 amide bonds. The smallest absolute Gasteiger partial charge is 0.0986 e. The summed E-state index contributed by atoms with van der Waals surface area (Å²) >= 11 is 3.84. The summed E-state index contributed by atoms with van der Waals surface area (Å²) in [7, 11) is 2.00. The van der Waals surface area contributed by atoms with E-state index in [1.165, 1.54) is 31.5 Å². The minimum absolute atomic E-state index is 1.06. The maximum Gasteiger partial charge on any atom is 0.0986 e. The quantitative estimate of drug-likeness (QED) is 0.698. The summed E-state index contributed by atoms with van der Waals surface area (Å²) in [4.78, 5) is 4.28. The molecule has 0 saturated carbocycles. The third-order valence-electron chi connectivity index (χ3n) is 2.72. The lowest BCUT2D eigenvalue weighted by Crippen LogP contribution is -1.93. The molecule has 0 aliphatic carbocycles. The zero-order chi connectivity index (χ0) is 10.6. The van der Waals surface area contributed by atoms with Gasteiger partial charge in [0.2, 0.25) is 0 Å².